The van der Waals surface area contributed by atoms with Crippen LogP contribution in [0.25, 0.3) is 10.8 Å². The SMILES string of the molecule is O=C1CCCC(O)=C1N(c1ccccc1)c1cccc2ccccc12. The lowest BCUT2D eigenvalue weighted by molar-refractivity contribution is -0.116. The Morgan fingerprint density at radius 2 is 1.52 bits per heavy atom. The minimum absolute atomic E-state index is 0.0134. The molecule has 0 atom stereocenters. The number of ketones is 1. The van der Waals surface area contributed by atoms with Crippen molar-refractivity contribution in [1.29, 1.82) is 0 Å². The maximum Gasteiger partial charge on any atom is 0.183 e. The third-order valence-corrected chi connectivity index (χ3v) is 4.60. The van der Waals surface area contributed by atoms with Gasteiger partial charge in [-0.15, -0.1) is 0 Å². The van der Waals surface area contributed by atoms with E-state index in [2.05, 4.69) is 12.1 Å². The molecular formula is C22H19NO2. The molecule has 0 spiro atoms. The predicted octanol–water partition coefficient (Wildman–Crippen LogP) is 5.50. The van der Waals surface area contributed by atoms with Crippen molar-refractivity contribution in [3.63, 3.8) is 0 Å². The molecule has 0 bridgehead atoms. The Labute approximate surface area is 146 Å². The first-order valence-corrected chi connectivity index (χ1v) is 8.54. The minimum atomic E-state index is -0.0134. The van der Waals surface area contributed by atoms with E-state index < -0.39 is 0 Å². The number of rotatable bonds is 3. The molecule has 1 N–H and O–H groups in total. The van der Waals surface area contributed by atoms with E-state index >= 15 is 0 Å². The quantitative estimate of drug-likeness (QED) is 0.689. The molecule has 0 aromatic heterocycles. The third-order valence-electron chi connectivity index (χ3n) is 4.60. The highest BCUT2D eigenvalue weighted by atomic mass is 16.3. The van der Waals surface area contributed by atoms with Gasteiger partial charge in [0, 0.05) is 23.9 Å². The molecule has 0 heterocycles. The zero-order chi connectivity index (χ0) is 17.2. The van der Waals surface area contributed by atoms with Gasteiger partial charge < -0.3 is 10.0 Å². The van der Waals surface area contributed by atoms with E-state index in [0.29, 0.717) is 25.0 Å². The van der Waals surface area contributed by atoms with Gasteiger partial charge >= 0.3 is 0 Å². The lowest BCUT2D eigenvalue weighted by Gasteiger charge is -2.30. The number of para-hydroxylation sites is 1. The van der Waals surface area contributed by atoms with Crippen LogP contribution in [0, 0.1) is 0 Å². The summed E-state index contributed by atoms with van der Waals surface area (Å²) in [6.07, 6.45) is 1.70. The maximum atomic E-state index is 12.7. The minimum Gasteiger partial charge on any atom is -0.510 e. The Bertz CT molecular complexity index is 955. The van der Waals surface area contributed by atoms with E-state index in [4.69, 9.17) is 0 Å². The van der Waals surface area contributed by atoms with Gasteiger partial charge in [-0.2, -0.15) is 0 Å². The van der Waals surface area contributed by atoms with Gasteiger partial charge in [0.05, 0.1) is 5.69 Å². The van der Waals surface area contributed by atoms with Crippen LogP contribution in [-0.4, -0.2) is 10.9 Å². The van der Waals surface area contributed by atoms with Crippen LogP contribution in [-0.2, 0) is 4.79 Å². The van der Waals surface area contributed by atoms with Crippen molar-refractivity contribution in [1.82, 2.24) is 0 Å². The van der Waals surface area contributed by atoms with Crippen molar-refractivity contribution < 1.29 is 9.90 Å². The molecule has 0 fully saturated rings. The molecule has 1 aliphatic carbocycles. The van der Waals surface area contributed by atoms with Crippen LogP contribution < -0.4 is 4.90 Å². The number of carbonyl (C=O) groups is 1. The molecule has 0 saturated heterocycles. The highest BCUT2D eigenvalue weighted by Crippen LogP contribution is 2.38. The molecule has 3 aromatic rings. The number of aliphatic hydroxyl groups excluding tert-OH is 1. The van der Waals surface area contributed by atoms with Crippen molar-refractivity contribution in [3.8, 4) is 0 Å². The predicted molar refractivity (Wildman–Crippen MR) is 101 cm³/mol. The van der Waals surface area contributed by atoms with Crippen LogP contribution in [0.2, 0.25) is 0 Å². The van der Waals surface area contributed by atoms with Gasteiger partial charge in [0.2, 0.25) is 0 Å². The van der Waals surface area contributed by atoms with Crippen molar-refractivity contribution in [2.24, 2.45) is 0 Å². The summed E-state index contributed by atoms with van der Waals surface area (Å²) in [4.78, 5) is 14.6. The fraction of sp³-hybridized carbons (Fsp3) is 0.136. The fourth-order valence-electron chi connectivity index (χ4n) is 3.44. The Kier molecular flexibility index (Phi) is 3.98. The summed E-state index contributed by atoms with van der Waals surface area (Å²) in [7, 11) is 0. The molecule has 0 aliphatic heterocycles. The lowest BCUT2D eigenvalue weighted by Crippen LogP contribution is -2.27. The molecular weight excluding hydrogens is 310 g/mol. The summed E-state index contributed by atoms with van der Waals surface area (Å²) < 4.78 is 0. The van der Waals surface area contributed by atoms with Gasteiger partial charge in [-0.25, -0.2) is 0 Å². The van der Waals surface area contributed by atoms with E-state index in [0.717, 1.165) is 22.1 Å². The van der Waals surface area contributed by atoms with Crippen LogP contribution in [0.3, 0.4) is 0 Å². The van der Waals surface area contributed by atoms with Crippen molar-refractivity contribution in [2.45, 2.75) is 19.3 Å². The lowest BCUT2D eigenvalue weighted by atomic mass is 9.98. The van der Waals surface area contributed by atoms with Gasteiger partial charge in [-0.1, -0.05) is 54.6 Å². The van der Waals surface area contributed by atoms with E-state index in [-0.39, 0.29) is 11.5 Å². The van der Waals surface area contributed by atoms with E-state index in [1.165, 1.54) is 0 Å². The van der Waals surface area contributed by atoms with Crippen molar-refractivity contribution in [3.05, 3.63) is 84.3 Å². The molecule has 3 nitrogen and oxygen atoms in total. The largest absolute Gasteiger partial charge is 0.510 e. The fourth-order valence-corrected chi connectivity index (χ4v) is 3.44. The zero-order valence-corrected chi connectivity index (χ0v) is 13.9. The van der Waals surface area contributed by atoms with Crippen LogP contribution in [0.5, 0.6) is 0 Å². The topological polar surface area (TPSA) is 40.5 Å². The second-order valence-corrected chi connectivity index (χ2v) is 6.24. The summed E-state index contributed by atoms with van der Waals surface area (Å²) >= 11 is 0. The van der Waals surface area contributed by atoms with Gasteiger partial charge in [-0.3, -0.25) is 4.79 Å². The molecule has 4 rings (SSSR count). The summed E-state index contributed by atoms with van der Waals surface area (Å²) in [5.74, 6) is 0.161. The Hall–Kier alpha value is -3.07. The van der Waals surface area contributed by atoms with Crippen molar-refractivity contribution in [2.75, 3.05) is 4.90 Å². The van der Waals surface area contributed by atoms with Crippen molar-refractivity contribution >= 4 is 27.9 Å². The van der Waals surface area contributed by atoms with Gasteiger partial charge in [0.1, 0.15) is 11.5 Å². The van der Waals surface area contributed by atoms with Crippen LogP contribution >= 0.6 is 0 Å². The zero-order valence-electron chi connectivity index (χ0n) is 13.9. The number of benzene rings is 3. The first-order chi connectivity index (χ1) is 12.3. The molecule has 3 heteroatoms. The average molecular weight is 329 g/mol. The highest BCUT2D eigenvalue weighted by molar-refractivity contribution is 6.06. The van der Waals surface area contributed by atoms with E-state index in [1.54, 1.807) is 0 Å². The normalized spacial score (nSPS) is 14.8. The first-order valence-electron chi connectivity index (χ1n) is 8.54. The summed E-state index contributed by atoms with van der Waals surface area (Å²) in [6.45, 7) is 0. The molecule has 124 valence electrons. The number of hydrogen-bond donors (Lipinski definition) is 1. The molecule has 0 saturated carbocycles. The standard InChI is InChI=1S/C22H19NO2/c24-20-14-7-15-21(25)22(20)23(17-10-2-1-3-11-17)19-13-6-9-16-8-4-5-12-18(16)19/h1-6,8-13,24H,7,14-15H2. The van der Waals surface area contributed by atoms with Gasteiger partial charge in [-0.05, 0) is 30.0 Å². The first kappa shape index (κ1) is 15.5. The molecule has 3 aromatic carbocycles. The van der Waals surface area contributed by atoms with Gasteiger partial charge in [0.15, 0.2) is 5.78 Å². The second kappa shape index (κ2) is 6.44. The van der Waals surface area contributed by atoms with Gasteiger partial charge in [0.25, 0.3) is 0 Å². The third kappa shape index (κ3) is 2.78. The number of Topliss-reactive ketones (excluding diaryl/α,β-unsaturated/α-hetero) is 1. The Morgan fingerprint density at radius 1 is 0.800 bits per heavy atom. The monoisotopic (exact) mass is 329 g/mol. The molecule has 0 amide bonds. The number of hydrogen-bond acceptors (Lipinski definition) is 3. The van der Waals surface area contributed by atoms with Crippen LogP contribution in [0.1, 0.15) is 19.3 Å². The smallest absolute Gasteiger partial charge is 0.183 e. The Morgan fingerprint density at radius 3 is 2.32 bits per heavy atom. The average Bonchev–Trinajstić information content (AvgIpc) is 2.65. The van der Waals surface area contributed by atoms with E-state index in [1.807, 2.05) is 65.6 Å². The molecule has 25 heavy (non-hydrogen) atoms. The van der Waals surface area contributed by atoms with Crippen LogP contribution in [0.4, 0.5) is 11.4 Å². The summed E-state index contributed by atoms with van der Waals surface area (Å²) in [5.41, 5.74) is 2.17. The molecule has 0 unspecified atom stereocenters. The highest BCUT2D eigenvalue weighted by Gasteiger charge is 2.28. The number of carbonyl (C=O) groups excluding carboxylic acids is 1. The number of allylic oxidation sites excluding steroid dienone is 2. The summed E-state index contributed by atoms with van der Waals surface area (Å²) in [6, 6.07) is 23.9. The number of anilines is 2. The summed E-state index contributed by atoms with van der Waals surface area (Å²) in [5, 5.41) is 12.7. The Balaban J connectivity index is 2.00. The maximum absolute atomic E-state index is 12.7. The molecule has 0 radical (unpaired) electrons. The number of nitrogens with zero attached hydrogens (tertiary/aromatic N) is 1. The van der Waals surface area contributed by atoms with Crippen LogP contribution in [0.15, 0.2) is 84.3 Å². The van der Waals surface area contributed by atoms with E-state index in [9.17, 15) is 9.90 Å². The number of fused-ring (bicyclic) bond motifs is 1. The second-order valence-electron chi connectivity index (χ2n) is 6.24. The molecule has 1 aliphatic rings. The number of aliphatic hydroxyl groups is 1.